The summed E-state index contributed by atoms with van der Waals surface area (Å²) < 4.78 is 39.7. The topological polar surface area (TPSA) is 84.2 Å². The van der Waals surface area contributed by atoms with Gasteiger partial charge in [-0.3, -0.25) is 9.48 Å². The van der Waals surface area contributed by atoms with Gasteiger partial charge in [-0.2, -0.15) is 18.3 Å². The Morgan fingerprint density at radius 1 is 1.43 bits per heavy atom. The molecule has 1 aromatic heterocycles. The van der Waals surface area contributed by atoms with Crippen molar-refractivity contribution in [3.8, 4) is 0 Å². The summed E-state index contributed by atoms with van der Waals surface area (Å²) in [6.45, 7) is 0. The lowest BCUT2D eigenvalue weighted by Gasteiger charge is -2.30. The molecule has 2 N–H and O–H groups in total. The molecule has 0 bridgehead atoms. The van der Waals surface area contributed by atoms with Crippen LogP contribution in [0.15, 0.2) is 12.3 Å². The van der Waals surface area contributed by atoms with Crippen LogP contribution in [0.25, 0.3) is 0 Å². The van der Waals surface area contributed by atoms with Crippen molar-refractivity contribution in [3.05, 3.63) is 18.0 Å². The van der Waals surface area contributed by atoms with Crippen LogP contribution in [0.2, 0.25) is 0 Å². The second kappa shape index (κ2) is 6.59. The van der Waals surface area contributed by atoms with E-state index < -0.39 is 35.9 Å². The highest BCUT2D eigenvalue weighted by Crippen LogP contribution is 2.40. The van der Waals surface area contributed by atoms with E-state index in [1.54, 1.807) is 0 Å². The summed E-state index contributed by atoms with van der Waals surface area (Å²) in [6, 6.07) is 0.111. The van der Waals surface area contributed by atoms with Gasteiger partial charge in [0.15, 0.2) is 6.04 Å². The summed E-state index contributed by atoms with van der Waals surface area (Å²) in [5.74, 6) is -4.28. The Bertz CT molecular complexity index is 585. The van der Waals surface area contributed by atoms with Gasteiger partial charge in [0.2, 0.25) is 5.91 Å². The van der Waals surface area contributed by atoms with Crippen LogP contribution >= 0.6 is 0 Å². The normalized spacial score (nSPS) is 23.3. The predicted molar refractivity (Wildman–Crippen MR) is 73.2 cm³/mol. The van der Waals surface area contributed by atoms with Gasteiger partial charge in [-0.05, 0) is 25.3 Å². The number of amides is 1. The van der Waals surface area contributed by atoms with Crippen LogP contribution in [0.5, 0.6) is 0 Å². The molecular formula is C14H18F3N3O3. The maximum atomic E-state index is 12.8. The summed E-state index contributed by atoms with van der Waals surface area (Å²) >= 11 is 0. The zero-order chi connectivity index (χ0) is 17.2. The SMILES string of the molecule is Cn1nccc1C(NC(=O)C1CCCC(C(F)(F)F)C1)C(=O)O. The molecule has 1 saturated carbocycles. The highest BCUT2D eigenvalue weighted by Gasteiger charge is 2.44. The van der Waals surface area contributed by atoms with Gasteiger partial charge in [0.05, 0.1) is 11.6 Å². The highest BCUT2D eigenvalue weighted by atomic mass is 19.4. The molecule has 1 amide bonds. The first kappa shape index (κ1) is 17.3. The quantitative estimate of drug-likeness (QED) is 0.883. The second-order valence-corrected chi connectivity index (χ2v) is 5.76. The van der Waals surface area contributed by atoms with Gasteiger partial charge in [-0.25, -0.2) is 4.79 Å². The summed E-state index contributed by atoms with van der Waals surface area (Å²) in [5, 5.41) is 15.4. The fourth-order valence-electron chi connectivity index (χ4n) is 2.91. The van der Waals surface area contributed by atoms with Gasteiger partial charge in [-0.1, -0.05) is 6.42 Å². The minimum atomic E-state index is -4.33. The number of carboxylic acid groups (broad SMARTS) is 1. The minimum absolute atomic E-state index is 0.0113. The molecule has 1 aromatic rings. The zero-order valence-corrected chi connectivity index (χ0v) is 12.5. The summed E-state index contributed by atoms with van der Waals surface area (Å²) in [6.07, 6.45) is -2.60. The summed E-state index contributed by atoms with van der Waals surface area (Å²) in [5.41, 5.74) is 0.258. The molecule has 23 heavy (non-hydrogen) atoms. The van der Waals surface area contributed by atoms with Crippen molar-refractivity contribution in [3.63, 3.8) is 0 Å². The third-order valence-corrected chi connectivity index (χ3v) is 4.20. The molecule has 1 aliphatic rings. The number of carboxylic acids is 1. The van der Waals surface area contributed by atoms with E-state index >= 15 is 0 Å². The molecule has 128 valence electrons. The monoisotopic (exact) mass is 333 g/mol. The Hall–Kier alpha value is -2.06. The lowest BCUT2D eigenvalue weighted by Crippen LogP contribution is -2.41. The Kier molecular flexibility index (Phi) is 4.96. The van der Waals surface area contributed by atoms with Crippen molar-refractivity contribution in [2.24, 2.45) is 18.9 Å². The van der Waals surface area contributed by atoms with E-state index in [9.17, 15) is 27.9 Å². The number of aryl methyl sites for hydroxylation is 1. The first-order valence-corrected chi connectivity index (χ1v) is 7.28. The molecule has 1 heterocycles. The average molecular weight is 333 g/mol. The molecule has 1 fully saturated rings. The number of nitrogens with one attached hydrogen (secondary N) is 1. The number of alkyl halides is 3. The number of carbonyl (C=O) groups is 2. The standard InChI is InChI=1S/C14H18F3N3O3/c1-20-10(5-6-18-20)11(13(22)23)19-12(21)8-3-2-4-9(7-8)14(15,16)17/h5-6,8-9,11H,2-4,7H2,1H3,(H,19,21)(H,22,23). The first-order chi connectivity index (χ1) is 10.7. The van der Waals surface area contributed by atoms with Crippen molar-refractivity contribution in [1.29, 1.82) is 0 Å². The number of nitrogens with zero attached hydrogens (tertiary/aromatic N) is 2. The lowest BCUT2D eigenvalue weighted by atomic mass is 9.80. The summed E-state index contributed by atoms with van der Waals surface area (Å²) in [7, 11) is 1.53. The molecule has 0 radical (unpaired) electrons. The van der Waals surface area contributed by atoms with Gasteiger partial charge in [0, 0.05) is 19.2 Å². The number of carbonyl (C=O) groups excluding carboxylic acids is 1. The Morgan fingerprint density at radius 3 is 2.65 bits per heavy atom. The van der Waals surface area contributed by atoms with E-state index in [1.807, 2.05) is 0 Å². The van der Waals surface area contributed by atoms with E-state index in [1.165, 1.54) is 24.0 Å². The summed E-state index contributed by atoms with van der Waals surface area (Å²) in [4.78, 5) is 23.6. The third kappa shape index (κ3) is 4.02. The molecule has 6 nitrogen and oxygen atoms in total. The van der Waals surface area contributed by atoms with Crippen LogP contribution in [0.4, 0.5) is 13.2 Å². The maximum Gasteiger partial charge on any atom is 0.391 e. The van der Waals surface area contributed by atoms with Crippen LogP contribution < -0.4 is 5.32 Å². The number of halogens is 3. The molecule has 1 aliphatic carbocycles. The van der Waals surface area contributed by atoms with Crippen molar-refractivity contribution in [2.45, 2.75) is 37.9 Å². The molecule has 9 heteroatoms. The fourth-order valence-corrected chi connectivity index (χ4v) is 2.91. The van der Waals surface area contributed by atoms with Crippen molar-refractivity contribution >= 4 is 11.9 Å². The molecule has 0 spiro atoms. The van der Waals surface area contributed by atoms with Crippen LogP contribution in [-0.2, 0) is 16.6 Å². The van der Waals surface area contributed by atoms with E-state index in [-0.39, 0.29) is 18.5 Å². The molecule has 0 aromatic carbocycles. The molecule has 2 rings (SSSR count). The van der Waals surface area contributed by atoms with Crippen LogP contribution in [0.3, 0.4) is 0 Å². The highest BCUT2D eigenvalue weighted by molar-refractivity contribution is 5.85. The smallest absolute Gasteiger partial charge is 0.391 e. The van der Waals surface area contributed by atoms with Crippen molar-refractivity contribution in [2.75, 3.05) is 0 Å². The van der Waals surface area contributed by atoms with Gasteiger partial charge in [0.25, 0.3) is 0 Å². The molecule has 0 aliphatic heterocycles. The van der Waals surface area contributed by atoms with Gasteiger partial charge in [0.1, 0.15) is 0 Å². The third-order valence-electron chi connectivity index (χ3n) is 4.20. The number of aromatic nitrogens is 2. The first-order valence-electron chi connectivity index (χ1n) is 7.28. The Balaban J connectivity index is 2.07. The van der Waals surface area contributed by atoms with E-state index in [2.05, 4.69) is 10.4 Å². The predicted octanol–water partition coefficient (Wildman–Crippen LogP) is 2.03. The Labute approximate surface area is 130 Å². The maximum absolute atomic E-state index is 12.8. The van der Waals surface area contributed by atoms with Gasteiger partial charge >= 0.3 is 12.1 Å². The van der Waals surface area contributed by atoms with E-state index in [4.69, 9.17) is 0 Å². The van der Waals surface area contributed by atoms with Crippen molar-refractivity contribution in [1.82, 2.24) is 15.1 Å². The molecule has 0 saturated heterocycles. The Morgan fingerprint density at radius 2 is 2.13 bits per heavy atom. The number of hydrogen-bond acceptors (Lipinski definition) is 3. The zero-order valence-electron chi connectivity index (χ0n) is 12.5. The fraction of sp³-hybridized carbons (Fsp3) is 0.643. The van der Waals surface area contributed by atoms with Gasteiger partial charge < -0.3 is 10.4 Å². The lowest BCUT2D eigenvalue weighted by molar-refractivity contribution is -0.186. The van der Waals surface area contributed by atoms with Crippen LogP contribution in [-0.4, -0.2) is 32.9 Å². The van der Waals surface area contributed by atoms with Crippen LogP contribution in [0.1, 0.15) is 37.4 Å². The number of rotatable bonds is 4. The molecule has 3 atom stereocenters. The van der Waals surface area contributed by atoms with E-state index in [0.717, 1.165) is 0 Å². The largest absolute Gasteiger partial charge is 0.479 e. The van der Waals surface area contributed by atoms with Crippen molar-refractivity contribution < 1.29 is 27.9 Å². The molecular weight excluding hydrogens is 315 g/mol. The van der Waals surface area contributed by atoms with Gasteiger partial charge in [-0.15, -0.1) is 0 Å². The second-order valence-electron chi connectivity index (χ2n) is 5.76. The number of aliphatic carboxylic acids is 1. The van der Waals surface area contributed by atoms with Crippen LogP contribution in [0, 0.1) is 11.8 Å². The van der Waals surface area contributed by atoms with E-state index in [0.29, 0.717) is 12.8 Å². The minimum Gasteiger partial charge on any atom is -0.479 e. The number of hydrogen-bond donors (Lipinski definition) is 2. The average Bonchev–Trinajstić information content (AvgIpc) is 2.89. The molecule has 3 unspecified atom stereocenters.